The zero-order chi connectivity index (χ0) is 14.7. The fourth-order valence-electron chi connectivity index (χ4n) is 2.13. The Morgan fingerprint density at radius 2 is 2.10 bits per heavy atom. The molecular formula is C14H16ClFN4. The highest BCUT2D eigenvalue weighted by Gasteiger charge is 2.12. The molecule has 0 saturated heterocycles. The van der Waals surface area contributed by atoms with Crippen LogP contribution in [-0.2, 0) is 12.8 Å². The lowest BCUT2D eigenvalue weighted by Gasteiger charge is -2.11. The molecule has 20 heavy (non-hydrogen) atoms. The number of hydrogen-bond acceptors (Lipinski definition) is 4. The maximum absolute atomic E-state index is 13.9. The molecule has 0 amide bonds. The summed E-state index contributed by atoms with van der Waals surface area (Å²) in [5, 5.41) is 0.0987. The second-order valence-electron chi connectivity index (χ2n) is 4.44. The van der Waals surface area contributed by atoms with Crippen molar-refractivity contribution in [3.05, 3.63) is 51.7 Å². The lowest BCUT2D eigenvalue weighted by atomic mass is 10.1. The molecule has 6 heteroatoms. The number of aryl methyl sites for hydroxylation is 1. The average molecular weight is 295 g/mol. The molecule has 1 aromatic carbocycles. The molecule has 0 atom stereocenters. The van der Waals surface area contributed by atoms with Gasteiger partial charge in [-0.2, -0.15) is 0 Å². The monoisotopic (exact) mass is 294 g/mol. The van der Waals surface area contributed by atoms with Crippen molar-refractivity contribution in [2.24, 2.45) is 5.84 Å². The van der Waals surface area contributed by atoms with E-state index in [1.165, 1.54) is 6.07 Å². The van der Waals surface area contributed by atoms with Crippen molar-refractivity contribution in [3.63, 3.8) is 0 Å². The van der Waals surface area contributed by atoms with Gasteiger partial charge in [-0.05, 0) is 25.0 Å². The SMILES string of the molecule is CCc1c(C)nc(Cc2cccc(Cl)c2F)nc1NN. The van der Waals surface area contributed by atoms with Crippen LogP contribution in [0.2, 0.25) is 5.02 Å². The third kappa shape index (κ3) is 2.89. The van der Waals surface area contributed by atoms with Crippen LogP contribution in [-0.4, -0.2) is 9.97 Å². The van der Waals surface area contributed by atoms with Crippen LogP contribution in [0, 0.1) is 12.7 Å². The standard InChI is InChI=1S/C14H16ClFN4/c1-3-10-8(2)18-12(19-14(10)20-17)7-9-5-4-6-11(15)13(9)16/h4-6H,3,7,17H2,1-2H3,(H,18,19,20). The summed E-state index contributed by atoms with van der Waals surface area (Å²) in [5.74, 6) is 6.13. The smallest absolute Gasteiger partial charge is 0.147 e. The van der Waals surface area contributed by atoms with E-state index in [9.17, 15) is 4.39 Å². The largest absolute Gasteiger partial charge is 0.308 e. The molecule has 0 aliphatic carbocycles. The van der Waals surface area contributed by atoms with Gasteiger partial charge in [0, 0.05) is 17.7 Å². The molecule has 0 aliphatic rings. The number of hydrazine groups is 1. The molecule has 0 unspecified atom stereocenters. The predicted molar refractivity (Wildman–Crippen MR) is 78.2 cm³/mol. The van der Waals surface area contributed by atoms with Crippen LogP contribution in [0.1, 0.15) is 29.6 Å². The van der Waals surface area contributed by atoms with Gasteiger partial charge in [-0.3, -0.25) is 0 Å². The van der Waals surface area contributed by atoms with E-state index >= 15 is 0 Å². The summed E-state index contributed by atoms with van der Waals surface area (Å²) in [5.41, 5.74) is 4.83. The zero-order valence-corrected chi connectivity index (χ0v) is 12.1. The Hall–Kier alpha value is -1.72. The second kappa shape index (κ2) is 6.15. The van der Waals surface area contributed by atoms with Crippen LogP contribution < -0.4 is 11.3 Å². The van der Waals surface area contributed by atoms with Crippen molar-refractivity contribution < 1.29 is 4.39 Å². The van der Waals surface area contributed by atoms with E-state index in [1.807, 2.05) is 13.8 Å². The number of aromatic nitrogens is 2. The Bertz CT molecular complexity index is 631. The van der Waals surface area contributed by atoms with E-state index in [2.05, 4.69) is 15.4 Å². The number of nitrogens with two attached hydrogens (primary N) is 1. The third-order valence-corrected chi connectivity index (χ3v) is 3.42. The number of anilines is 1. The van der Waals surface area contributed by atoms with Crippen LogP contribution in [0.25, 0.3) is 0 Å². The number of rotatable bonds is 4. The van der Waals surface area contributed by atoms with Gasteiger partial charge in [0.2, 0.25) is 0 Å². The molecule has 0 saturated carbocycles. The molecule has 106 valence electrons. The molecule has 2 rings (SSSR count). The van der Waals surface area contributed by atoms with Gasteiger partial charge in [-0.15, -0.1) is 0 Å². The molecule has 3 N–H and O–H groups in total. The molecule has 0 aliphatic heterocycles. The summed E-state index contributed by atoms with van der Waals surface area (Å²) in [4.78, 5) is 8.73. The Kier molecular flexibility index (Phi) is 4.52. The number of nitrogens with one attached hydrogen (secondary N) is 1. The lowest BCUT2D eigenvalue weighted by molar-refractivity contribution is 0.612. The summed E-state index contributed by atoms with van der Waals surface area (Å²) in [7, 11) is 0. The number of nitrogen functional groups attached to an aromatic ring is 1. The molecule has 4 nitrogen and oxygen atoms in total. The van der Waals surface area contributed by atoms with E-state index in [4.69, 9.17) is 17.4 Å². The molecular weight excluding hydrogens is 279 g/mol. The summed E-state index contributed by atoms with van der Waals surface area (Å²) in [6.45, 7) is 3.89. The first-order chi connectivity index (χ1) is 9.56. The van der Waals surface area contributed by atoms with Gasteiger partial charge in [-0.25, -0.2) is 20.2 Å². The van der Waals surface area contributed by atoms with Gasteiger partial charge in [0.25, 0.3) is 0 Å². The Morgan fingerprint density at radius 1 is 1.35 bits per heavy atom. The maximum atomic E-state index is 13.9. The van der Waals surface area contributed by atoms with Crippen molar-refractivity contribution in [3.8, 4) is 0 Å². The van der Waals surface area contributed by atoms with E-state index in [0.717, 1.165) is 17.7 Å². The van der Waals surface area contributed by atoms with Gasteiger partial charge in [0.15, 0.2) is 0 Å². The second-order valence-corrected chi connectivity index (χ2v) is 4.85. The normalized spacial score (nSPS) is 10.7. The molecule has 0 bridgehead atoms. The molecule has 0 spiro atoms. The maximum Gasteiger partial charge on any atom is 0.147 e. The first-order valence-electron chi connectivity index (χ1n) is 6.32. The number of nitrogens with zero attached hydrogens (tertiary/aromatic N) is 2. The van der Waals surface area contributed by atoms with Crippen molar-refractivity contribution >= 4 is 17.4 Å². The molecule has 0 fully saturated rings. The molecule has 0 radical (unpaired) electrons. The Balaban J connectivity index is 2.39. The van der Waals surface area contributed by atoms with E-state index in [0.29, 0.717) is 17.2 Å². The van der Waals surface area contributed by atoms with Gasteiger partial charge in [0.05, 0.1) is 5.02 Å². The zero-order valence-electron chi connectivity index (χ0n) is 11.4. The van der Waals surface area contributed by atoms with Gasteiger partial charge in [0.1, 0.15) is 17.5 Å². The molecule has 2 aromatic rings. The van der Waals surface area contributed by atoms with E-state index in [-0.39, 0.29) is 11.4 Å². The predicted octanol–water partition coefficient (Wildman–Crippen LogP) is 3.02. The van der Waals surface area contributed by atoms with Gasteiger partial charge >= 0.3 is 0 Å². The fraction of sp³-hybridized carbons (Fsp3) is 0.286. The highest BCUT2D eigenvalue weighted by Crippen LogP contribution is 2.21. The topological polar surface area (TPSA) is 63.8 Å². The average Bonchev–Trinajstić information content (AvgIpc) is 2.43. The van der Waals surface area contributed by atoms with Crippen molar-refractivity contribution in [1.82, 2.24) is 9.97 Å². The van der Waals surface area contributed by atoms with Crippen LogP contribution in [0.4, 0.5) is 10.2 Å². The lowest BCUT2D eigenvalue weighted by Crippen LogP contribution is -2.15. The van der Waals surface area contributed by atoms with E-state index in [1.54, 1.807) is 12.1 Å². The van der Waals surface area contributed by atoms with Crippen LogP contribution in [0.15, 0.2) is 18.2 Å². The fourth-order valence-corrected chi connectivity index (χ4v) is 2.33. The highest BCUT2D eigenvalue weighted by atomic mass is 35.5. The number of halogens is 2. The first kappa shape index (κ1) is 14.7. The Morgan fingerprint density at radius 3 is 2.75 bits per heavy atom. The number of hydrogen-bond donors (Lipinski definition) is 2. The summed E-state index contributed by atoms with van der Waals surface area (Å²) < 4.78 is 13.9. The van der Waals surface area contributed by atoms with Crippen molar-refractivity contribution in [2.75, 3.05) is 5.43 Å². The minimum atomic E-state index is -0.433. The minimum Gasteiger partial charge on any atom is -0.308 e. The third-order valence-electron chi connectivity index (χ3n) is 3.13. The molecule has 1 aromatic heterocycles. The highest BCUT2D eigenvalue weighted by molar-refractivity contribution is 6.30. The summed E-state index contributed by atoms with van der Waals surface area (Å²) in [6.07, 6.45) is 1.04. The van der Waals surface area contributed by atoms with Gasteiger partial charge in [-0.1, -0.05) is 30.7 Å². The first-order valence-corrected chi connectivity index (χ1v) is 6.70. The summed E-state index contributed by atoms with van der Waals surface area (Å²) in [6, 6.07) is 4.89. The Labute approximate surface area is 122 Å². The quantitative estimate of drug-likeness (QED) is 0.672. The summed E-state index contributed by atoms with van der Waals surface area (Å²) >= 11 is 5.77. The minimum absolute atomic E-state index is 0.0987. The van der Waals surface area contributed by atoms with Crippen LogP contribution >= 0.6 is 11.6 Å². The van der Waals surface area contributed by atoms with Crippen LogP contribution in [0.3, 0.4) is 0 Å². The van der Waals surface area contributed by atoms with Gasteiger partial charge < -0.3 is 5.43 Å². The molecule has 1 heterocycles. The van der Waals surface area contributed by atoms with Crippen molar-refractivity contribution in [1.29, 1.82) is 0 Å². The van der Waals surface area contributed by atoms with Crippen molar-refractivity contribution in [2.45, 2.75) is 26.7 Å². The number of benzene rings is 1. The van der Waals surface area contributed by atoms with E-state index < -0.39 is 5.82 Å². The van der Waals surface area contributed by atoms with Crippen LogP contribution in [0.5, 0.6) is 0 Å².